The summed E-state index contributed by atoms with van der Waals surface area (Å²) in [7, 11) is 0. The van der Waals surface area contributed by atoms with Crippen molar-refractivity contribution in [2.24, 2.45) is 5.92 Å². The van der Waals surface area contributed by atoms with Crippen LogP contribution in [0.3, 0.4) is 0 Å². The lowest BCUT2D eigenvalue weighted by Crippen LogP contribution is -2.41. The quantitative estimate of drug-likeness (QED) is 0.663. The molecule has 1 aliphatic heterocycles. The summed E-state index contributed by atoms with van der Waals surface area (Å²) in [4.78, 5) is 38.1. The van der Waals surface area contributed by atoms with Gasteiger partial charge in [-0.2, -0.15) is 0 Å². The first kappa shape index (κ1) is 22.5. The summed E-state index contributed by atoms with van der Waals surface area (Å²) in [5, 5.41) is 2.77. The normalized spacial score (nSPS) is 15.2. The smallest absolute Gasteiger partial charge is 0.308 e. The van der Waals surface area contributed by atoms with Gasteiger partial charge in [0.2, 0.25) is 5.91 Å². The van der Waals surface area contributed by atoms with Crippen LogP contribution in [0.1, 0.15) is 43.4 Å². The van der Waals surface area contributed by atoms with E-state index in [1.807, 2.05) is 36.4 Å². The van der Waals surface area contributed by atoms with Crippen LogP contribution in [0, 0.1) is 5.92 Å². The molecule has 164 valence electrons. The number of carbonyl (C=O) groups excluding carboxylic acids is 3. The van der Waals surface area contributed by atoms with Crippen LogP contribution < -0.4 is 5.32 Å². The third kappa shape index (κ3) is 7.24. The zero-order valence-corrected chi connectivity index (χ0v) is 18.0. The van der Waals surface area contributed by atoms with Crippen LogP contribution in [-0.2, 0) is 25.5 Å². The molecule has 1 saturated heterocycles. The average Bonchev–Trinajstić information content (AvgIpc) is 2.78. The molecule has 2 aromatic carbocycles. The Morgan fingerprint density at radius 1 is 1.00 bits per heavy atom. The Morgan fingerprint density at radius 3 is 2.23 bits per heavy atom. The lowest BCUT2D eigenvalue weighted by molar-refractivity contribution is -0.153. The van der Waals surface area contributed by atoms with Crippen LogP contribution >= 0.6 is 0 Å². The molecule has 6 nitrogen and oxygen atoms in total. The molecule has 3 rings (SSSR count). The van der Waals surface area contributed by atoms with Gasteiger partial charge in [0.05, 0.1) is 12.5 Å². The lowest BCUT2D eigenvalue weighted by Gasteiger charge is -2.32. The summed E-state index contributed by atoms with van der Waals surface area (Å²) >= 11 is 0. The molecule has 6 heteroatoms. The van der Waals surface area contributed by atoms with Gasteiger partial charge in [0.25, 0.3) is 5.91 Å². The van der Waals surface area contributed by atoms with E-state index < -0.39 is 12.0 Å². The zero-order chi connectivity index (χ0) is 22.1. The van der Waals surface area contributed by atoms with Gasteiger partial charge in [0.15, 0.2) is 6.61 Å². The SMILES string of the molecule is CC(=O)N[C@H](CC(=O)OCC(=O)N1CCC(Cc2ccccc2)CC1)c1ccccc1. The van der Waals surface area contributed by atoms with E-state index in [0.717, 1.165) is 24.8 Å². The van der Waals surface area contributed by atoms with Crippen molar-refractivity contribution in [2.45, 2.75) is 38.6 Å². The summed E-state index contributed by atoms with van der Waals surface area (Å²) < 4.78 is 5.23. The number of esters is 1. The molecule has 0 radical (unpaired) electrons. The first-order valence-electron chi connectivity index (χ1n) is 10.8. The number of ether oxygens (including phenoxy) is 1. The summed E-state index contributed by atoms with van der Waals surface area (Å²) in [5.41, 5.74) is 2.15. The van der Waals surface area contributed by atoms with Crippen molar-refractivity contribution in [3.63, 3.8) is 0 Å². The summed E-state index contributed by atoms with van der Waals surface area (Å²) in [6.45, 7) is 2.52. The van der Waals surface area contributed by atoms with Crippen molar-refractivity contribution >= 4 is 17.8 Å². The highest BCUT2D eigenvalue weighted by atomic mass is 16.5. The Balaban J connectivity index is 1.42. The van der Waals surface area contributed by atoms with E-state index in [1.54, 1.807) is 4.90 Å². The topological polar surface area (TPSA) is 75.7 Å². The van der Waals surface area contributed by atoms with E-state index in [9.17, 15) is 14.4 Å². The number of benzene rings is 2. The Morgan fingerprint density at radius 2 is 1.61 bits per heavy atom. The highest BCUT2D eigenvalue weighted by Crippen LogP contribution is 2.22. The van der Waals surface area contributed by atoms with Gasteiger partial charge in [-0.05, 0) is 36.3 Å². The number of likely N-dealkylation sites (tertiary alicyclic amines) is 1. The van der Waals surface area contributed by atoms with Gasteiger partial charge < -0.3 is 15.0 Å². The van der Waals surface area contributed by atoms with Crippen molar-refractivity contribution < 1.29 is 19.1 Å². The fourth-order valence-corrected chi connectivity index (χ4v) is 3.98. The number of piperidine rings is 1. The second-order valence-electron chi connectivity index (χ2n) is 8.04. The second-order valence-corrected chi connectivity index (χ2v) is 8.04. The first-order valence-corrected chi connectivity index (χ1v) is 10.8. The molecule has 0 spiro atoms. The summed E-state index contributed by atoms with van der Waals surface area (Å²) in [6, 6.07) is 19.2. The monoisotopic (exact) mass is 422 g/mol. The van der Waals surface area contributed by atoms with Gasteiger partial charge in [-0.15, -0.1) is 0 Å². The highest BCUT2D eigenvalue weighted by Gasteiger charge is 2.24. The van der Waals surface area contributed by atoms with Crippen molar-refractivity contribution in [1.29, 1.82) is 0 Å². The van der Waals surface area contributed by atoms with E-state index in [4.69, 9.17) is 4.74 Å². The molecule has 0 bridgehead atoms. The minimum absolute atomic E-state index is 0.0178. The Bertz CT molecular complexity index is 862. The van der Waals surface area contributed by atoms with E-state index in [1.165, 1.54) is 12.5 Å². The number of rotatable bonds is 8. The fourth-order valence-electron chi connectivity index (χ4n) is 3.98. The average molecular weight is 423 g/mol. The van der Waals surface area contributed by atoms with Gasteiger partial charge in [-0.25, -0.2) is 0 Å². The van der Waals surface area contributed by atoms with Gasteiger partial charge in [-0.3, -0.25) is 14.4 Å². The number of hydrogen-bond acceptors (Lipinski definition) is 4. The van der Waals surface area contributed by atoms with Gasteiger partial charge in [0.1, 0.15) is 0 Å². The van der Waals surface area contributed by atoms with Crippen molar-refractivity contribution in [3.05, 3.63) is 71.8 Å². The third-order valence-electron chi connectivity index (χ3n) is 5.64. The highest BCUT2D eigenvalue weighted by molar-refractivity contribution is 5.81. The molecule has 1 heterocycles. The van der Waals surface area contributed by atoms with Gasteiger partial charge >= 0.3 is 5.97 Å². The number of carbonyl (C=O) groups is 3. The molecule has 2 aromatic rings. The lowest BCUT2D eigenvalue weighted by atomic mass is 9.90. The maximum Gasteiger partial charge on any atom is 0.308 e. The molecular weight excluding hydrogens is 392 g/mol. The molecule has 0 unspecified atom stereocenters. The van der Waals surface area contributed by atoms with Gasteiger partial charge in [-0.1, -0.05) is 60.7 Å². The molecule has 1 N–H and O–H groups in total. The fraction of sp³-hybridized carbons (Fsp3) is 0.400. The molecule has 0 saturated carbocycles. The largest absolute Gasteiger partial charge is 0.455 e. The van der Waals surface area contributed by atoms with Crippen LogP contribution in [0.5, 0.6) is 0 Å². The molecule has 0 aromatic heterocycles. The molecule has 1 atom stereocenters. The van der Waals surface area contributed by atoms with Gasteiger partial charge in [0, 0.05) is 20.0 Å². The van der Waals surface area contributed by atoms with Crippen molar-refractivity contribution in [1.82, 2.24) is 10.2 Å². The summed E-state index contributed by atoms with van der Waals surface area (Å²) in [5.74, 6) is -0.327. The van der Waals surface area contributed by atoms with Crippen molar-refractivity contribution in [2.75, 3.05) is 19.7 Å². The first-order chi connectivity index (χ1) is 15.0. The van der Waals surface area contributed by atoms with Crippen molar-refractivity contribution in [3.8, 4) is 0 Å². The minimum atomic E-state index is -0.505. The Hall–Kier alpha value is -3.15. The minimum Gasteiger partial charge on any atom is -0.455 e. The molecule has 0 aliphatic carbocycles. The molecule has 1 aliphatic rings. The molecule has 2 amide bonds. The predicted molar refractivity (Wildman–Crippen MR) is 118 cm³/mol. The Kier molecular flexibility index (Phi) is 8.21. The van der Waals surface area contributed by atoms with Crippen LogP contribution in [0.2, 0.25) is 0 Å². The number of amides is 2. The second kappa shape index (κ2) is 11.3. The molecule has 1 fully saturated rings. The standard InChI is InChI=1S/C25H30N2O4/c1-19(28)26-23(22-10-6-3-7-11-22)17-25(30)31-18-24(29)27-14-12-21(13-15-27)16-20-8-4-2-5-9-20/h2-11,21,23H,12-18H2,1H3,(H,26,28)/t23-/m1/s1. The number of hydrogen-bond donors (Lipinski definition) is 1. The van der Waals surface area contributed by atoms with E-state index in [2.05, 4.69) is 29.6 Å². The molecular formula is C25H30N2O4. The third-order valence-corrected chi connectivity index (χ3v) is 5.64. The van der Waals surface area contributed by atoms with Crippen LogP contribution in [-0.4, -0.2) is 42.4 Å². The molecule has 31 heavy (non-hydrogen) atoms. The van der Waals surface area contributed by atoms with Crippen LogP contribution in [0.25, 0.3) is 0 Å². The van der Waals surface area contributed by atoms with E-state index in [-0.39, 0.29) is 24.8 Å². The summed E-state index contributed by atoms with van der Waals surface area (Å²) in [6.07, 6.45) is 2.91. The Labute approximate surface area is 183 Å². The predicted octanol–water partition coefficient (Wildman–Crippen LogP) is 3.28. The number of nitrogens with zero attached hydrogens (tertiary/aromatic N) is 1. The van der Waals surface area contributed by atoms with E-state index >= 15 is 0 Å². The van der Waals surface area contributed by atoms with E-state index in [0.29, 0.717) is 19.0 Å². The maximum absolute atomic E-state index is 12.5. The maximum atomic E-state index is 12.5. The number of nitrogens with one attached hydrogen (secondary N) is 1. The van der Waals surface area contributed by atoms with Crippen LogP contribution in [0.4, 0.5) is 0 Å². The zero-order valence-electron chi connectivity index (χ0n) is 18.0. The van der Waals surface area contributed by atoms with Crippen LogP contribution in [0.15, 0.2) is 60.7 Å².